The lowest BCUT2D eigenvalue weighted by Crippen LogP contribution is -2.18. The summed E-state index contributed by atoms with van der Waals surface area (Å²) in [4.78, 5) is 45.5. The van der Waals surface area contributed by atoms with Gasteiger partial charge in [0.15, 0.2) is 23.7 Å². The molecule has 0 aliphatic carbocycles. The van der Waals surface area contributed by atoms with E-state index in [0.29, 0.717) is 0 Å². The number of Topliss-reactive ketones (excluding diaryl/α,β-unsaturated/α-hetero) is 1. The van der Waals surface area contributed by atoms with Gasteiger partial charge in [-0.1, -0.05) is 0 Å². The third kappa shape index (κ3) is 3.98. The summed E-state index contributed by atoms with van der Waals surface area (Å²) in [7, 11) is 0. The molecule has 0 bridgehead atoms. The Hall–Kier alpha value is -3.82. The third-order valence-corrected chi connectivity index (χ3v) is 3.13. The lowest BCUT2D eigenvalue weighted by Gasteiger charge is -2.10. The van der Waals surface area contributed by atoms with Crippen molar-refractivity contribution >= 4 is 23.3 Å². The van der Waals surface area contributed by atoms with E-state index < -0.39 is 52.7 Å². The number of aliphatic carboxylic acids is 1. The molecule has 0 fully saturated rings. The molecule has 4 N–H and O–H groups in total. The zero-order valence-electron chi connectivity index (χ0n) is 13.3. The van der Waals surface area contributed by atoms with Gasteiger partial charge in [0.2, 0.25) is 0 Å². The summed E-state index contributed by atoms with van der Waals surface area (Å²) in [6.45, 7) is 0.449. The Labute approximate surface area is 145 Å². The van der Waals surface area contributed by atoms with Crippen LogP contribution < -0.4 is 15.7 Å². The zero-order valence-corrected chi connectivity index (χ0v) is 13.3. The predicted molar refractivity (Wildman–Crippen MR) is 85.8 cm³/mol. The van der Waals surface area contributed by atoms with Crippen LogP contribution in [0.3, 0.4) is 0 Å². The van der Waals surface area contributed by atoms with Gasteiger partial charge in [-0.2, -0.15) is 0 Å². The molecule has 1 amide bonds. The maximum Gasteiger partial charge on any atom is 0.353 e. The van der Waals surface area contributed by atoms with Gasteiger partial charge in [0.25, 0.3) is 5.91 Å². The number of anilines is 1. The Morgan fingerprint density at radius 3 is 2.27 bits per heavy atom. The summed E-state index contributed by atoms with van der Waals surface area (Å²) in [6.07, 6.45) is 0. The van der Waals surface area contributed by atoms with E-state index in [1.165, 1.54) is 24.3 Å². The van der Waals surface area contributed by atoms with E-state index in [9.17, 15) is 29.4 Å². The third-order valence-electron chi connectivity index (χ3n) is 3.13. The molecule has 1 heterocycles. The number of nitrogens with one attached hydrogen (secondary N) is 1. The van der Waals surface area contributed by atoms with Crippen molar-refractivity contribution in [1.82, 2.24) is 0 Å². The van der Waals surface area contributed by atoms with Gasteiger partial charge in [-0.3, -0.25) is 9.59 Å². The van der Waals surface area contributed by atoms with Crippen LogP contribution in [0, 0.1) is 0 Å². The molecule has 2 rings (SSSR count). The van der Waals surface area contributed by atoms with E-state index in [1.54, 1.807) is 0 Å². The largest absolute Gasteiger partial charge is 0.506 e. The van der Waals surface area contributed by atoms with Crippen LogP contribution in [0.4, 0.5) is 5.69 Å². The minimum absolute atomic E-state index is 0.201. The van der Waals surface area contributed by atoms with Gasteiger partial charge < -0.3 is 29.8 Å². The molecule has 136 valence electrons. The molecule has 0 spiro atoms. The number of carbonyl (C=O) groups excluding carboxylic acids is 2. The topological polar surface area (TPSA) is 163 Å². The number of hydrogen-bond donors (Lipinski definition) is 4. The number of carboxylic acid groups (broad SMARTS) is 1. The summed E-state index contributed by atoms with van der Waals surface area (Å²) < 4.78 is 9.32. The van der Waals surface area contributed by atoms with Crippen molar-refractivity contribution < 1.29 is 38.9 Å². The fraction of sp³-hybridized carbons (Fsp3) is 0.125. The number of amides is 1. The molecule has 0 aliphatic heterocycles. The van der Waals surface area contributed by atoms with Gasteiger partial charge >= 0.3 is 17.5 Å². The van der Waals surface area contributed by atoms with E-state index in [1.807, 2.05) is 0 Å². The molecular weight excluding hydrogens is 350 g/mol. The van der Waals surface area contributed by atoms with Gasteiger partial charge in [0, 0.05) is 5.69 Å². The van der Waals surface area contributed by atoms with Crippen molar-refractivity contribution in [3.8, 4) is 17.4 Å². The standard InChI is InChI=1S/C16H13NO9/c1-7(18)11-13(21)12(16(24)26-15(11)23)14(22)17-8-2-4-9(5-3-8)25-6-10(19)20/h2-5,21,24H,6H2,1H3,(H,17,22)(H,19,20). The molecule has 2 aromatic rings. The number of carbonyl (C=O) groups is 3. The molecular formula is C16H13NO9. The average Bonchev–Trinajstić information content (AvgIpc) is 2.53. The Balaban J connectivity index is 2.25. The number of ether oxygens (including phenoxy) is 1. The molecule has 0 saturated heterocycles. The maximum absolute atomic E-state index is 12.2. The van der Waals surface area contributed by atoms with Gasteiger partial charge in [0.05, 0.1) is 0 Å². The van der Waals surface area contributed by atoms with E-state index in [4.69, 9.17) is 9.84 Å². The fourth-order valence-electron chi connectivity index (χ4n) is 2.00. The van der Waals surface area contributed by atoms with Crippen LogP contribution in [-0.4, -0.2) is 39.6 Å². The van der Waals surface area contributed by atoms with Crippen molar-refractivity contribution in [3.63, 3.8) is 0 Å². The zero-order chi connectivity index (χ0) is 19.4. The number of benzene rings is 1. The lowest BCUT2D eigenvalue weighted by atomic mass is 10.1. The Morgan fingerprint density at radius 1 is 1.12 bits per heavy atom. The summed E-state index contributed by atoms with van der Waals surface area (Å²) in [5.41, 5.74) is -2.61. The van der Waals surface area contributed by atoms with Crippen LogP contribution >= 0.6 is 0 Å². The number of hydrogen-bond acceptors (Lipinski definition) is 8. The van der Waals surface area contributed by atoms with Crippen molar-refractivity contribution in [3.05, 3.63) is 45.8 Å². The van der Waals surface area contributed by atoms with E-state index >= 15 is 0 Å². The van der Waals surface area contributed by atoms with E-state index in [2.05, 4.69) is 9.73 Å². The smallest absolute Gasteiger partial charge is 0.353 e. The molecule has 0 atom stereocenters. The van der Waals surface area contributed by atoms with Crippen LogP contribution in [0.25, 0.3) is 0 Å². The highest BCUT2D eigenvalue weighted by molar-refractivity contribution is 6.10. The Kier molecular flexibility index (Phi) is 5.26. The van der Waals surface area contributed by atoms with Crippen LogP contribution in [0.15, 0.2) is 33.5 Å². The normalized spacial score (nSPS) is 10.2. The van der Waals surface area contributed by atoms with Crippen LogP contribution in [0.2, 0.25) is 0 Å². The SMILES string of the molecule is CC(=O)c1c(O)c(C(=O)Nc2ccc(OCC(=O)O)cc2)c(O)oc1=O. The van der Waals surface area contributed by atoms with Gasteiger partial charge in [-0.25, -0.2) is 9.59 Å². The highest BCUT2D eigenvalue weighted by Gasteiger charge is 2.27. The van der Waals surface area contributed by atoms with Crippen LogP contribution in [-0.2, 0) is 4.79 Å². The summed E-state index contributed by atoms with van der Waals surface area (Å²) in [6, 6.07) is 5.50. The molecule has 0 saturated carbocycles. The van der Waals surface area contributed by atoms with Gasteiger partial charge in [0.1, 0.15) is 11.3 Å². The second kappa shape index (κ2) is 7.38. The maximum atomic E-state index is 12.2. The van der Waals surface area contributed by atoms with Gasteiger partial charge in [-0.05, 0) is 31.2 Å². The average molecular weight is 363 g/mol. The molecule has 0 aliphatic rings. The van der Waals surface area contributed by atoms with E-state index in [-0.39, 0.29) is 11.4 Å². The van der Waals surface area contributed by atoms with Crippen molar-refractivity contribution in [2.24, 2.45) is 0 Å². The molecule has 26 heavy (non-hydrogen) atoms. The lowest BCUT2D eigenvalue weighted by molar-refractivity contribution is -0.139. The minimum atomic E-state index is -1.27. The minimum Gasteiger partial charge on any atom is -0.506 e. The Morgan fingerprint density at radius 2 is 1.73 bits per heavy atom. The molecule has 10 heteroatoms. The van der Waals surface area contributed by atoms with Gasteiger partial charge in [-0.15, -0.1) is 0 Å². The second-order valence-electron chi connectivity index (χ2n) is 5.01. The second-order valence-corrected chi connectivity index (χ2v) is 5.01. The van der Waals surface area contributed by atoms with Crippen molar-refractivity contribution in [2.45, 2.75) is 6.92 Å². The molecule has 1 aromatic heterocycles. The molecule has 10 nitrogen and oxygen atoms in total. The number of aromatic hydroxyl groups is 2. The number of rotatable bonds is 6. The van der Waals surface area contributed by atoms with Crippen molar-refractivity contribution in [2.75, 3.05) is 11.9 Å². The Bertz CT molecular complexity index is 928. The molecule has 1 aromatic carbocycles. The van der Waals surface area contributed by atoms with Crippen LogP contribution in [0.5, 0.6) is 17.4 Å². The first kappa shape index (κ1) is 18.5. The molecule has 0 unspecified atom stereocenters. The first-order valence-corrected chi connectivity index (χ1v) is 7.06. The summed E-state index contributed by atoms with van der Waals surface area (Å²) in [5.74, 6) is -4.93. The van der Waals surface area contributed by atoms with Crippen molar-refractivity contribution in [1.29, 1.82) is 0 Å². The fourth-order valence-corrected chi connectivity index (χ4v) is 2.00. The number of carboxylic acids is 1. The first-order chi connectivity index (χ1) is 12.2. The summed E-state index contributed by atoms with van der Waals surface area (Å²) >= 11 is 0. The van der Waals surface area contributed by atoms with E-state index in [0.717, 1.165) is 6.92 Å². The highest BCUT2D eigenvalue weighted by atomic mass is 16.5. The monoisotopic (exact) mass is 363 g/mol. The quantitative estimate of drug-likeness (QED) is 0.547. The molecule has 0 radical (unpaired) electrons. The summed E-state index contributed by atoms with van der Waals surface area (Å²) in [5, 5.41) is 30.4. The predicted octanol–water partition coefficient (Wildman–Crippen LogP) is 0.969. The van der Waals surface area contributed by atoms with Crippen LogP contribution in [0.1, 0.15) is 27.6 Å². The first-order valence-electron chi connectivity index (χ1n) is 7.06. The highest BCUT2D eigenvalue weighted by Crippen LogP contribution is 2.29. The number of ketones is 1.